The number of anilines is 1. The molecule has 2 aliphatic heterocycles. The molecule has 2 aliphatic rings. The molecule has 3 heterocycles. The first-order valence-corrected chi connectivity index (χ1v) is 10.8. The van der Waals surface area contributed by atoms with Gasteiger partial charge in [0.1, 0.15) is 17.7 Å². The van der Waals surface area contributed by atoms with Crippen molar-refractivity contribution in [2.45, 2.75) is 51.1 Å². The Morgan fingerprint density at radius 2 is 2.03 bits per heavy atom. The fourth-order valence-corrected chi connectivity index (χ4v) is 4.18. The van der Waals surface area contributed by atoms with E-state index in [0.29, 0.717) is 24.6 Å². The van der Waals surface area contributed by atoms with Gasteiger partial charge >= 0.3 is 6.18 Å². The van der Waals surface area contributed by atoms with Gasteiger partial charge in [-0.25, -0.2) is 4.98 Å². The van der Waals surface area contributed by atoms with Crippen molar-refractivity contribution in [1.29, 1.82) is 0 Å². The van der Waals surface area contributed by atoms with Gasteiger partial charge in [0.15, 0.2) is 5.82 Å². The number of carbonyl (C=O) groups excluding carboxylic acids is 1. The Bertz CT molecular complexity index is 925. The summed E-state index contributed by atoms with van der Waals surface area (Å²) in [7, 11) is 0. The molecule has 31 heavy (non-hydrogen) atoms. The van der Waals surface area contributed by atoms with Gasteiger partial charge in [-0.05, 0) is 62.3 Å². The molecule has 1 saturated heterocycles. The summed E-state index contributed by atoms with van der Waals surface area (Å²) in [6.45, 7) is 2.06. The summed E-state index contributed by atoms with van der Waals surface area (Å²) in [4.78, 5) is 22.6. The quantitative estimate of drug-likeness (QED) is 0.615. The number of aldehydes is 1. The van der Waals surface area contributed by atoms with E-state index < -0.39 is 12.6 Å². The van der Waals surface area contributed by atoms with E-state index in [0.717, 1.165) is 61.1 Å². The molecule has 166 valence electrons. The van der Waals surface area contributed by atoms with Gasteiger partial charge in [-0.1, -0.05) is 0 Å². The third-order valence-electron chi connectivity index (χ3n) is 5.91. The first-order valence-electron chi connectivity index (χ1n) is 10.8. The van der Waals surface area contributed by atoms with Gasteiger partial charge in [0, 0.05) is 37.2 Å². The lowest BCUT2D eigenvalue weighted by Gasteiger charge is -2.32. The molecular weight excluding hydrogens is 407 g/mol. The van der Waals surface area contributed by atoms with Gasteiger partial charge in [-0.2, -0.15) is 13.2 Å². The average molecular weight is 433 g/mol. The molecule has 1 aromatic carbocycles. The number of nitrogens with zero attached hydrogens (tertiary/aromatic N) is 3. The van der Waals surface area contributed by atoms with Crippen molar-refractivity contribution in [2.24, 2.45) is 5.92 Å². The number of piperidine rings is 1. The zero-order chi connectivity index (χ0) is 21.8. The van der Waals surface area contributed by atoms with Crippen molar-refractivity contribution in [3.63, 3.8) is 0 Å². The molecule has 8 heteroatoms. The van der Waals surface area contributed by atoms with Crippen LogP contribution in [0.4, 0.5) is 19.0 Å². The van der Waals surface area contributed by atoms with Gasteiger partial charge < -0.3 is 14.4 Å². The minimum Gasteiger partial charge on any atom is -0.493 e. The van der Waals surface area contributed by atoms with Crippen LogP contribution < -0.4 is 9.64 Å². The molecule has 0 radical (unpaired) electrons. The predicted octanol–water partition coefficient (Wildman–Crippen LogP) is 4.77. The molecule has 0 aliphatic carbocycles. The Labute approximate surface area is 179 Å². The third-order valence-corrected chi connectivity index (χ3v) is 5.91. The van der Waals surface area contributed by atoms with Gasteiger partial charge in [-0.3, -0.25) is 4.98 Å². The van der Waals surface area contributed by atoms with Crippen molar-refractivity contribution in [2.75, 3.05) is 24.6 Å². The van der Waals surface area contributed by atoms with Crippen LogP contribution >= 0.6 is 0 Å². The van der Waals surface area contributed by atoms with E-state index in [1.165, 1.54) is 0 Å². The number of fused-ring (bicyclic) bond motifs is 1. The maximum absolute atomic E-state index is 12.5. The summed E-state index contributed by atoms with van der Waals surface area (Å²) in [6, 6.07) is 5.98. The van der Waals surface area contributed by atoms with E-state index in [2.05, 4.69) is 16.0 Å². The van der Waals surface area contributed by atoms with Crippen molar-refractivity contribution in [1.82, 2.24) is 9.97 Å². The number of aryl methyl sites for hydroxylation is 2. The van der Waals surface area contributed by atoms with E-state index in [1.54, 1.807) is 6.20 Å². The fourth-order valence-electron chi connectivity index (χ4n) is 4.18. The first kappa shape index (κ1) is 21.6. The highest BCUT2D eigenvalue weighted by molar-refractivity contribution is 5.74. The van der Waals surface area contributed by atoms with Gasteiger partial charge in [0.05, 0.1) is 12.3 Å². The zero-order valence-corrected chi connectivity index (χ0v) is 17.3. The number of carbonyl (C=O) groups is 1. The number of halogens is 3. The Kier molecular flexibility index (Phi) is 6.43. The highest BCUT2D eigenvalue weighted by Gasteiger charge is 2.27. The normalized spacial score (nSPS) is 17.2. The van der Waals surface area contributed by atoms with E-state index in [4.69, 9.17) is 9.72 Å². The topological polar surface area (TPSA) is 55.3 Å². The molecule has 0 atom stereocenters. The summed E-state index contributed by atoms with van der Waals surface area (Å²) in [6.07, 6.45) is 1.17. The van der Waals surface area contributed by atoms with Crippen molar-refractivity contribution in [3.8, 4) is 17.0 Å². The van der Waals surface area contributed by atoms with Crippen LogP contribution in [0.15, 0.2) is 24.4 Å². The molecule has 0 amide bonds. The van der Waals surface area contributed by atoms with Crippen molar-refractivity contribution >= 4 is 12.1 Å². The van der Waals surface area contributed by atoms with Crippen LogP contribution in [0.3, 0.4) is 0 Å². The van der Waals surface area contributed by atoms with Crippen molar-refractivity contribution < 1.29 is 22.7 Å². The molecule has 0 spiro atoms. The summed E-state index contributed by atoms with van der Waals surface area (Å²) in [5, 5.41) is 0. The minimum absolute atomic E-state index is 0.0135. The molecule has 1 aromatic heterocycles. The molecule has 0 N–H and O–H groups in total. The number of hydrogen-bond acceptors (Lipinski definition) is 5. The van der Waals surface area contributed by atoms with Crippen molar-refractivity contribution in [3.05, 3.63) is 35.7 Å². The standard InChI is InChI=1S/C23H26F3N3O2/c24-23(25,26)9-1-4-19-14-27-21(18-5-6-20-17(13-18)3-2-12-31-20)22(28-19)29-10-7-16(15-30)8-11-29/h5-6,13-16H,1-4,7-12H2. The summed E-state index contributed by atoms with van der Waals surface area (Å²) < 4.78 is 43.3. The minimum atomic E-state index is -4.17. The second kappa shape index (κ2) is 9.24. The van der Waals surface area contributed by atoms with Gasteiger partial charge in [0.25, 0.3) is 0 Å². The maximum atomic E-state index is 12.5. The van der Waals surface area contributed by atoms with Crippen LogP contribution in [0.1, 0.15) is 43.4 Å². The lowest BCUT2D eigenvalue weighted by molar-refractivity contribution is -0.135. The molecule has 5 nitrogen and oxygen atoms in total. The Balaban J connectivity index is 1.63. The zero-order valence-electron chi connectivity index (χ0n) is 17.3. The summed E-state index contributed by atoms with van der Waals surface area (Å²) in [5.41, 5.74) is 3.33. The number of rotatable bonds is 6. The Morgan fingerprint density at radius 1 is 1.23 bits per heavy atom. The summed E-state index contributed by atoms with van der Waals surface area (Å²) in [5.74, 6) is 1.62. The smallest absolute Gasteiger partial charge is 0.389 e. The predicted molar refractivity (Wildman–Crippen MR) is 111 cm³/mol. The second-order valence-electron chi connectivity index (χ2n) is 8.24. The molecule has 1 fully saturated rings. The highest BCUT2D eigenvalue weighted by Crippen LogP contribution is 2.34. The number of alkyl halides is 3. The lowest BCUT2D eigenvalue weighted by atomic mass is 9.97. The SMILES string of the molecule is O=CC1CCN(c2nc(CCCC(F)(F)F)cnc2-c2ccc3c(c2)CCCO3)CC1. The number of benzene rings is 1. The Morgan fingerprint density at radius 3 is 2.77 bits per heavy atom. The number of ether oxygens (including phenoxy) is 1. The molecule has 0 bridgehead atoms. The highest BCUT2D eigenvalue weighted by atomic mass is 19.4. The average Bonchev–Trinajstić information content (AvgIpc) is 2.78. The van der Waals surface area contributed by atoms with E-state index in [9.17, 15) is 18.0 Å². The van der Waals surface area contributed by atoms with Crippen LogP contribution in [0, 0.1) is 5.92 Å². The van der Waals surface area contributed by atoms with Crippen LogP contribution in [-0.2, 0) is 17.6 Å². The van der Waals surface area contributed by atoms with Gasteiger partial charge in [0.2, 0.25) is 0 Å². The fraction of sp³-hybridized carbons (Fsp3) is 0.522. The van der Waals surface area contributed by atoms with E-state index in [-0.39, 0.29) is 18.8 Å². The number of aromatic nitrogens is 2. The summed E-state index contributed by atoms with van der Waals surface area (Å²) >= 11 is 0. The second-order valence-corrected chi connectivity index (χ2v) is 8.24. The third kappa shape index (κ3) is 5.35. The van der Waals surface area contributed by atoms with Gasteiger partial charge in [-0.15, -0.1) is 0 Å². The van der Waals surface area contributed by atoms with E-state index >= 15 is 0 Å². The van der Waals surface area contributed by atoms with Crippen LogP contribution in [0.2, 0.25) is 0 Å². The van der Waals surface area contributed by atoms with E-state index in [1.807, 2.05) is 12.1 Å². The molecule has 0 unspecified atom stereocenters. The molecule has 2 aromatic rings. The number of hydrogen-bond donors (Lipinski definition) is 0. The first-order chi connectivity index (χ1) is 14.9. The lowest BCUT2D eigenvalue weighted by Crippen LogP contribution is -2.35. The monoisotopic (exact) mass is 433 g/mol. The molecule has 4 rings (SSSR count). The van der Waals surface area contributed by atoms with Crippen LogP contribution in [0.25, 0.3) is 11.3 Å². The van der Waals surface area contributed by atoms with Crippen LogP contribution in [0.5, 0.6) is 5.75 Å². The largest absolute Gasteiger partial charge is 0.493 e. The maximum Gasteiger partial charge on any atom is 0.389 e. The molecular formula is C23H26F3N3O2. The Hall–Kier alpha value is -2.64. The van der Waals surface area contributed by atoms with Crippen LogP contribution in [-0.4, -0.2) is 42.1 Å². The molecule has 0 saturated carbocycles.